The molecule has 0 bridgehead atoms. The van der Waals surface area contributed by atoms with Crippen molar-refractivity contribution >= 4 is 0 Å². The topological polar surface area (TPSA) is 73.9 Å². The lowest BCUT2D eigenvalue weighted by molar-refractivity contribution is 0.349. The van der Waals surface area contributed by atoms with Gasteiger partial charge in [-0.15, -0.1) is 0 Å². The molecule has 1 saturated carbocycles. The second-order valence-corrected chi connectivity index (χ2v) is 4.48. The third-order valence-corrected chi connectivity index (χ3v) is 3.26. The maximum Gasteiger partial charge on any atom is 0.0312 e. The van der Waals surface area contributed by atoms with Crippen LogP contribution in [0, 0.1) is 5.92 Å². The number of pyridine rings is 1. The maximum absolute atomic E-state index is 5.31. The van der Waals surface area contributed by atoms with Crippen molar-refractivity contribution in [3.05, 3.63) is 30.1 Å². The first-order chi connectivity index (χ1) is 9.86. The summed E-state index contributed by atoms with van der Waals surface area (Å²) in [5.41, 5.74) is 6.39. The monoisotopic (exact) mass is 297 g/mol. The molecule has 0 saturated heterocycles. The van der Waals surface area contributed by atoms with Gasteiger partial charge in [0.15, 0.2) is 0 Å². The molecule has 0 amide bonds. The van der Waals surface area contributed by atoms with Crippen LogP contribution in [0.25, 0.3) is 0 Å². The van der Waals surface area contributed by atoms with E-state index >= 15 is 0 Å². The van der Waals surface area contributed by atoms with Crippen molar-refractivity contribution in [1.29, 1.82) is 0 Å². The molecule has 5 N–H and O–H groups in total. The Labute approximate surface area is 133 Å². The molecule has 0 radical (unpaired) electrons. The minimum atomic E-state index is 0. The molecule has 3 nitrogen and oxygen atoms in total. The van der Waals surface area contributed by atoms with Gasteiger partial charge >= 0.3 is 0 Å². The number of rotatable bonds is 2. The van der Waals surface area contributed by atoms with Crippen LogP contribution in [0.2, 0.25) is 0 Å². The minimum absolute atomic E-state index is 0. The zero-order chi connectivity index (χ0) is 15.6. The van der Waals surface area contributed by atoms with Gasteiger partial charge in [0.05, 0.1) is 0 Å². The number of hydrogen-bond donors (Lipinski definition) is 2. The van der Waals surface area contributed by atoms with E-state index in [9.17, 15) is 0 Å². The summed E-state index contributed by atoms with van der Waals surface area (Å²) >= 11 is 0. The van der Waals surface area contributed by atoms with Crippen LogP contribution in [0.4, 0.5) is 0 Å². The van der Waals surface area contributed by atoms with E-state index in [2.05, 4.69) is 11.9 Å². The second-order valence-electron chi connectivity index (χ2n) is 4.48. The quantitative estimate of drug-likeness (QED) is 0.731. The van der Waals surface area contributed by atoms with Gasteiger partial charge in [-0.25, -0.2) is 0 Å². The Morgan fingerprint density at radius 1 is 1.10 bits per heavy atom. The van der Waals surface area contributed by atoms with E-state index in [1.165, 1.54) is 38.5 Å². The molecule has 0 aromatic carbocycles. The lowest BCUT2D eigenvalue weighted by Gasteiger charge is -2.18. The summed E-state index contributed by atoms with van der Waals surface area (Å²) in [4.78, 5) is 3.88. The molecule has 1 aromatic heterocycles. The molecule has 0 spiro atoms. The Kier molecular flexibility index (Phi) is 25.5. The van der Waals surface area contributed by atoms with Crippen molar-refractivity contribution in [3.63, 3.8) is 0 Å². The molecule has 21 heavy (non-hydrogen) atoms. The van der Waals surface area contributed by atoms with Crippen LogP contribution < -0.4 is 11.9 Å². The number of hydrogen-bond acceptors (Lipinski definition) is 3. The van der Waals surface area contributed by atoms with Crippen LogP contribution in [0.1, 0.15) is 78.7 Å². The Bertz CT molecular complexity index is 256. The van der Waals surface area contributed by atoms with Crippen LogP contribution in [0.15, 0.2) is 24.5 Å². The van der Waals surface area contributed by atoms with Gasteiger partial charge in [-0.2, -0.15) is 0 Å². The van der Waals surface area contributed by atoms with Crippen molar-refractivity contribution in [2.24, 2.45) is 11.7 Å². The lowest BCUT2D eigenvalue weighted by atomic mass is 9.88. The summed E-state index contributed by atoms with van der Waals surface area (Å²) in [6.07, 6.45) is 12.4. The average molecular weight is 298 g/mol. The second kappa shape index (κ2) is 21.4. The molecular weight excluding hydrogens is 258 g/mol. The summed E-state index contributed by atoms with van der Waals surface area (Å²) in [6.45, 7) is 10.9. The molecule has 2 rings (SSSR count). The first-order valence-corrected chi connectivity index (χ1v) is 8.45. The Morgan fingerprint density at radius 2 is 1.67 bits per heavy atom. The first kappa shape index (κ1) is 25.0. The van der Waals surface area contributed by atoms with Gasteiger partial charge < -0.3 is 11.9 Å². The van der Waals surface area contributed by atoms with Crippen molar-refractivity contribution in [1.82, 2.24) is 11.1 Å². The highest BCUT2D eigenvalue weighted by Crippen LogP contribution is 2.25. The van der Waals surface area contributed by atoms with Crippen molar-refractivity contribution < 1.29 is 0 Å². The smallest absolute Gasteiger partial charge is 0.0312 e. The summed E-state index contributed by atoms with van der Waals surface area (Å²) in [6, 6.07) is 3.83. The average Bonchev–Trinajstić information content (AvgIpc) is 2.60. The summed E-state index contributed by atoms with van der Waals surface area (Å²) < 4.78 is 0. The van der Waals surface area contributed by atoms with Gasteiger partial charge in [0.1, 0.15) is 0 Å². The van der Waals surface area contributed by atoms with Gasteiger partial charge in [0, 0.05) is 18.9 Å². The molecule has 1 heterocycles. The minimum Gasteiger partial charge on any atom is -0.344 e. The van der Waals surface area contributed by atoms with Crippen molar-refractivity contribution in [2.45, 2.75) is 79.7 Å². The molecular formula is C18H39N3. The van der Waals surface area contributed by atoms with Gasteiger partial charge in [0.25, 0.3) is 0 Å². The van der Waals surface area contributed by atoms with E-state index in [-0.39, 0.29) is 6.15 Å². The van der Waals surface area contributed by atoms with Crippen LogP contribution in [0.3, 0.4) is 0 Å². The largest absolute Gasteiger partial charge is 0.344 e. The Morgan fingerprint density at radius 3 is 1.95 bits per heavy atom. The molecule has 126 valence electrons. The highest BCUT2D eigenvalue weighted by atomic mass is 14.6. The summed E-state index contributed by atoms with van der Waals surface area (Å²) in [5, 5.41) is 0. The predicted molar refractivity (Wildman–Crippen MR) is 96.7 cm³/mol. The zero-order valence-corrected chi connectivity index (χ0v) is 15.1. The number of nitrogens with zero attached hydrogens (tertiary/aromatic N) is 1. The van der Waals surface area contributed by atoms with Gasteiger partial charge in [-0.05, 0) is 17.5 Å². The van der Waals surface area contributed by atoms with E-state index in [1.54, 1.807) is 12.4 Å². The van der Waals surface area contributed by atoms with E-state index in [0.717, 1.165) is 11.5 Å². The molecule has 1 aromatic rings. The van der Waals surface area contributed by atoms with Crippen LogP contribution in [-0.4, -0.2) is 4.98 Å². The zero-order valence-electron chi connectivity index (χ0n) is 15.1. The highest BCUT2D eigenvalue weighted by Gasteiger charge is 2.09. The molecule has 0 atom stereocenters. The summed E-state index contributed by atoms with van der Waals surface area (Å²) in [7, 11) is 0. The van der Waals surface area contributed by atoms with Gasteiger partial charge in [0.2, 0.25) is 0 Å². The fourth-order valence-corrected chi connectivity index (χ4v) is 2.11. The Balaban J connectivity index is -0.000000240. The third kappa shape index (κ3) is 15.3. The molecule has 0 aliphatic heterocycles. The standard InChI is InChI=1S/C8H16.C6H8N2.2C2H6.H3N/c1-2-8-6-4-3-5-7-8;7-4-6-2-1-3-8-5-6;2*1-2;/h8H,2-7H2,1H3;1-3,5H,4,7H2;2*1-2H3;1H3. The molecule has 1 fully saturated rings. The number of aromatic nitrogens is 1. The fourth-order valence-electron chi connectivity index (χ4n) is 2.11. The van der Waals surface area contributed by atoms with E-state index in [4.69, 9.17) is 5.73 Å². The predicted octanol–water partition coefficient (Wildman–Crippen LogP) is 5.73. The van der Waals surface area contributed by atoms with E-state index < -0.39 is 0 Å². The molecule has 3 heteroatoms. The van der Waals surface area contributed by atoms with Crippen LogP contribution in [0.5, 0.6) is 0 Å². The summed E-state index contributed by atoms with van der Waals surface area (Å²) in [5.74, 6) is 1.09. The van der Waals surface area contributed by atoms with Gasteiger partial charge in [-0.1, -0.05) is 79.2 Å². The molecule has 0 unspecified atom stereocenters. The van der Waals surface area contributed by atoms with E-state index in [0.29, 0.717) is 6.54 Å². The van der Waals surface area contributed by atoms with Gasteiger partial charge in [-0.3, -0.25) is 4.98 Å². The fraction of sp³-hybridized carbons (Fsp3) is 0.722. The number of nitrogens with two attached hydrogens (primary N) is 1. The molecule has 1 aliphatic rings. The lowest BCUT2D eigenvalue weighted by Crippen LogP contribution is -2.03. The van der Waals surface area contributed by atoms with Crippen molar-refractivity contribution in [3.8, 4) is 0 Å². The SMILES string of the molecule is CC.CC.CCC1CCCCC1.N.NCc1cccnc1. The maximum atomic E-state index is 5.31. The van der Waals surface area contributed by atoms with Crippen LogP contribution >= 0.6 is 0 Å². The first-order valence-electron chi connectivity index (χ1n) is 8.45. The van der Waals surface area contributed by atoms with Crippen LogP contribution in [-0.2, 0) is 6.54 Å². The van der Waals surface area contributed by atoms with Crippen molar-refractivity contribution in [2.75, 3.05) is 0 Å². The highest BCUT2D eigenvalue weighted by molar-refractivity contribution is 5.06. The normalized spacial score (nSPS) is 13.0. The van der Waals surface area contributed by atoms with E-state index in [1.807, 2.05) is 39.8 Å². The third-order valence-electron chi connectivity index (χ3n) is 3.26. The molecule has 1 aliphatic carbocycles. The Hall–Kier alpha value is -0.930.